The summed E-state index contributed by atoms with van der Waals surface area (Å²) >= 11 is 0. The van der Waals surface area contributed by atoms with E-state index in [2.05, 4.69) is 4.98 Å². The van der Waals surface area contributed by atoms with Gasteiger partial charge in [0.05, 0.1) is 24.1 Å². The molecule has 28 heavy (non-hydrogen) atoms. The molecule has 156 valence electrons. The van der Waals surface area contributed by atoms with Gasteiger partial charge in [0.1, 0.15) is 5.60 Å². The van der Waals surface area contributed by atoms with Gasteiger partial charge in [0, 0.05) is 19.3 Å². The number of likely N-dealkylation sites (tertiary alicyclic amines) is 1. The first-order valence-electron chi connectivity index (χ1n) is 8.87. The molecule has 0 unspecified atom stereocenters. The average molecular weight is 403 g/mol. The molecule has 10 heteroatoms. The van der Waals surface area contributed by atoms with Gasteiger partial charge in [-0.2, -0.15) is 13.2 Å². The Kier molecular flexibility index (Phi) is 6.87. The van der Waals surface area contributed by atoms with E-state index in [-0.39, 0.29) is 30.2 Å². The predicted octanol–water partition coefficient (Wildman–Crippen LogP) is 3.50. The maximum absolute atomic E-state index is 12.4. The molecule has 7 nitrogen and oxygen atoms in total. The molecule has 0 radical (unpaired) electrons. The number of aromatic nitrogens is 1. The summed E-state index contributed by atoms with van der Waals surface area (Å²) in [5.74, 6) is -2.06. The minimum atomic E-state index is -4.98. The molecule has 0 atom stereocenters. The molecule has 1 fully saturated rings. The van der Waals surface area contributed by atoms with Crippen LogP contribution in [0.1, 0.15) is 39.3 Å². The van der Waals surface area contributed by atoms with Gasteiger partial charge < -0.3 is 19.7 Å². The summed E-state index contributed by atoms with van der Waals surface area (Å²) in [6.45, 7) is 6.25. The third-order valence-corrected chi connectivity index (χ3v) is 3.95. The number of halogens is 3. The normalized spacial score (nSPS) is 16.0. The standard InChI is InChI=1S/C18H24F3N3O4/c1-17(2,3)28-16(26)24-9-6-12(7-10-24)27-11-14-13(5-4-8-22-14)23-15(25)18(19,20)21/h4-5,8,12H,6-7,9-11H2,1-3H3,(H,23,25). The number of amides is 2. The number of ether oxygens (including phenoxy) is 2. The number of nitrogens with zero attached hydrogens (tertiary/aromatic N) is 2. The molecule has 2 rings (SSSR count). The lowest BCUT2D eigenvalue weighted by Crippen LogP contribution is -2.43. The molecule has 2 heterocycles. The summed E-state index contributed by atoms with van der Waals surface area (Å²) in [7, 11) is 0. The highest BCUT2D eigenvalue weighted by Crippen LogP contribution is 2.22. The van der Waals surface area contributed by atoms with Gasteiger partial charge in [0.15, 0.2) is 0 Å². The number of nitrogens with one attached hydrogen (secondary N) is 1. The minimum Gasteiger partial charge on any atom is -0.444 e. The topological polar surface area (TPSA) is 80.8 Å². The van der Waals surface area contributed by atoms with Crippen molar-refractivity contribution in [1.29, 1.82) is 0 Å². The van der Waals surface area contributed by atoms with E-state index >= 15 is 0 Å². The zero-order valence-corrected chi connectivity index (χ0v) is 16.0. The number of hydrogen-bond donors (Lipinski definition) is 1. The van der Waals surface area contributed by atoms with Crippen molar-refractivity contribution in [2.24, 2.45) is 0 Å². The maximum atomic E-state index is 12.4. The van der Waals surface area contributed by atoms with Crippen molar-refractivity contribution < 1.29 is 32.2 Å². The molecular weight excluding hydrogens is 379 g/mol. The monoisotopic (exact) mass is 403 g/mol. The Hall–Kier alpha value is -2.36. The van der Waals surface area contributed by atoms with Crippen LogP contribution in [0.2, 0.25) is 0 Å². The largest absolute Gasteiger partial charge is 0.471 e. The van der Waals surface area contributed by atoms with Crippen molar-refractivity contribution in [3.05, 3.63) is 24.0 Å². The van der Waals surface area contributed by atoms with E-state index in [4.69, 9.17) is 9.47 Å². The Morgan fingerprint density at radius 3 is 2.46 bits per heavy atom. The number of carbonyl (C=O) groups is 2. The second kappa shape index (κ2) is 8.76. The van der Waals surface area contributed by atoms with Gasteiger partial charge in [0.25, 0.3) is 0 Å². The van der Waals surface area contributed by atoms with Crippen LogP contribution in [0.15, 0.2) is 18.3 Å². The van der Waals surface area contributed by atoms with E-state index in [0.717, 1.165) is 0 Å². The molecule has 1 aliphatic heterocycles. The van der Waals surface area contributed by atoms with E-state index in [0.29, 0.717) is 25.9 Å². The summed E-state index contributed by atoms with van der Waals surface area (Å²) in [4.78, 5) is 28.8. The van der Waals surface area contributed by atoms with Crippen molar-refractivity contribution >= 4 is 17.7 Å². The summed E-state index contributed by atoms with van der Waals surface area (Å²) in [6.07, 6.45) is -3.00. The summed E-state index contributed by atoms with van der Waals surface area (Å²) < 4.78 is 48.4. The highest BCUT2D eigenvalue weighted by Gasteiger charge is 2.39. The van der Waals surface area contributed by atoms with Crippen LogP contribution in [0.25, 0.3) is 0 Å². The van der Waals surface area contributed by atoms with Crippen LogP contribution in [0.4, 0.5) is 23.7 Å². The Morgan fingerprint density at radius 1 is 1.25 bits per heavy atom. The smallest absolute Gasteiger partial charge is 0.444 e. The number of rotatable bonds is 4. The van der Waals surface area contributed by atoms with E-state index in [1.54, 1.807) is 31.0 Å². The molecule has 1 N–H and O–H groups in total. The maximum Gasteiger partial charge on any atom is 0.471 e. The first-order chi connectivity index (χ1) is 13.0. The Balaban J connectivity index is 1.86. The molecule has 0 aliphatic carbocycles. The van der Waals surface area contributed by atoms with Crippen LogP contribution in [0.3, 0.4) is 0 Å². The zero-order chi connectivity index (χ0) is 20.9. The summed E-state index contributed by atoms with van der Waals surface area (Å²) in [5.41, 5.74) is -0.411. The Morgan fingerprint density at radius 2 is 1.89 bits per heavy atom. The number of alkyl halides is 3. The third-order valence-electron chi connectivity index (χ3n) is 3.95. The molecule has 1 aromatic heterocycles. The predicted molar refractivity (Wildman–Crippen MR) is 94.5 cm³/mol. The molecule has 1 aromatic rings. The van der Waals surface area contributed by atoms with Gasteiger partial charge in [0.2, 0.25) is 0 Å². The molecular formula is C18H24F3N3O4. The number of hydrogen-bond acceptors (Lipinski definition) is 5. The van der Waals surface area contributed by atoms with Crippen LogP contribution >= 0.6 is 0 Å². The van der Waals surface area contributed by atoms with Gasteiger partial charge in [-0.1, -0.05) is 0 Å². The van der Waals surface area contributed by atoms with Gasteiger partial charge in [-0.3, -0.25) is 9.78 Å². The van der Waals surface area contributed by atoms with E-state index in [9.17, 15) is 22.8 Å². The fraction of sp³-hybridized carbons (Fsp3) is 0.611. The van der Waals surface area contributed by atoms with Crippen molar-refractivity contribution in [2.75, 3.05) is 18.4 Å². The lowest BCUT2D eigenvalue weighted by atomic mass is 10.1. The highest BCUT2D eigenvalue weighted by molar-refractivity contribution is 5.95. The van der Waals surface area contributed by atoms with Gasteiger partial charge >= 0.3 is 18.2 Å². The summed E-state index contributed by atoms with van der Waals surface area (Å²) in [5, 5.41) is 1.81. The number of carbonyl (C=O) groups excluding carboxylic acids is 2. The summed E-state index contributed by atoms with van der Waals surface area (Å²) in [6, 6.07) is 2.76. The van der Waals surface area contributed by atoms with Crippen molar-refractivity contribution in [3.8, 4) is 0 Å². The van der Waals surface area contributed by atoms with Crippen LogP contribution in [0.5, 0.6) is 0 Å². The van der Waals surface area contributed by atoms with E-state index in [1.165, 1.54) is 18.3 Å². The number of pyridine rings is 1. The second-order valence-electron chi connectivity index (χ2n) is 7.43. The van der Waals surface area contributed by atoms with Crippen LogP contribution in [0, 0.1) is 0 Å². The molecule has 1 saturated heterocycles. The van der Waals surface area contributed by atoms with Crippen LogP contribution < -0.4 is 5.32 Å². The second-order valence-corrected chi connectivity index (χ2v) is 7.43. The SMILES string of the molecule is CC(C)(C)OC(=O)N1CCC(OCc2ncccc2NC(=O)C(F)(F)F)CC1. The molecule has 0 bridgehead atoms. The Bertz CT molecular complexity index is 696. The van der Waals surface area contributed by atoms with E-state index in [1.807, 2.05) is 0 Å². The first-order valence-corrected chi connectivity index (χ1v) is 8.87. The third kappa shape index (κ3) is 6.66. The quantitative estimate of drug-likeness (QED) is 0.832. The minimum absolute atomic E-state index is 0.0454. The van der Waals surface area contributed by atoms with Crippen molar-refractivity contribution in [2.45, 2.75) is 58.1 Å². The molecule has 0 aromatic carbocycles. The van der Waals surface area contributed by atoms with Gasteiger partial charge in [-0.05, 0) is 45.7 Å². The van der Waals surface area contributed by atoms with Crippen LogP contribution in [-0.2, 0) is 20.9 Å². The van der Waals surface area contributed by atoms with Crippen molar-refractivity contribution in [1.82, 2.24) is 9.88 Å². The van der Waals surface area contributed by atoms with Gasteiger partial charge in [-0.15, -0.1) is 0 Å². The number of piperidine rings is 1. The fourth-order valence-corrected chi connectivity index (χ4v) is 2.59. The van der Waals surface area contributed by atoms with Gasteiger partial charge in [-0.25, -0.2) is 4.79 Å². The lowest BCUT2D eigenvalue weighted by molar-refractivity contribution is -0.167. The zero-order valence-electron chi connectivity index (χ0n) is 16.0. The fourth-order valence-electron chi connectivity index (χ4n) is 2.59. The van der Waals surface area contributed by atoms with Crippen molar-refractivity contribution in [3.63, 3.8) is 0 Å². The van der Waals surface area contributed by atoms with E-state index < -0.39 is 17.7 Å². The lowest BCUT2D eigenvalue weighted by Gasteiger charge is -2.33. The molecule has 1 aliphatic rings. The highest BCUT2D eigenvalue weighted by atomic mass is 19.4. The molecule has 2 amide bonds. The number of anilines is 1. The molecule has 0 spiro atoms. The average Bonchev–Trinajstić information content (AvgIpc) is 2.59. The Labute approximate surface area is 161 Å². The first kappa shape index (κ1) is 21.9. The molecule has 0 saturated carbocycles. The van der Waals surface area contributed by atoms with Crippen LogP contribution in [-0.4, -0.2) is 52.9 Å².